The molecule has 12 heteroatoms. The van der Waals surface area contributed by atoms with Crippen LogP contribution in [0.25, 0.3) is 10.6 Å². The fourth-order valence-corrected chi connectivity index (χ4v) is 6.34. The summed E-state index contributed by atoms with van der Waals surface area (Å²) in [6.45, 7) is 3.53. The Balaban J connectivity index is 1.49. The zero-order valence-electron chi connectivity index (χ0n) is 16.2. The number of aromatic nitrogens is 1. The van der Waals surface area contributed by atoms with E-state index in [1.54, 1.807) is 0 Å². The molecule has 1 fully saturated rings. The number of halogens is 4. The Kier molecular flexibility index (Phi) is 5.80. The summed E-state index contributed by atoms with van der Waals surface area (Å²) < 4.78 is 69.9. The number of hydrogen-bond acceptors (Lipinski definition) is 6. The topological polar surface area (TPSA) is 66.7 Å². The Morgan fingerprint density at radius 2 is 1.81 bits per heavy atom. The zero-order chi connectivity index (χ0) is 22.4. The third-order valence-electron chi connectivity index (χ3n) is 4.97. The highest BCUT2D eigenvalue weighted by Gasteiger charge is 2.36. The molecule has 1 aliphatic heterocycles. The van der Waals surface area contributed by atoms with Crippen molar-refractivity contribution >= 4 is 38.6 Å². The zero-order valence-corrected chi connectivity index (χ0v) is 18.6. The lowest BCUT2D eigenvalue weighted by atomic mass is 10.1. The highest BCUT2D eigenvalue weighted by atomic mass is 35.5. The van der Waals surface area contributed by atoms with Gasteiger partial charge in [0.2, 0.25) is 5.76 Å². The Labute approximate surface area is 185 Å². The van der Waals surface area contributed by atoms with Gasteiger partial charge in [-0.25, -0.2) is 8.42 Å². The lowest BCUT2D eigenvalue weighted by Crippen LogP contribution is -2.48. The summed E-state index contributed by atoms with van der Waals surface area (Å²) in [5.74, 6) is -1.23. The summed E-state index contributed by atoms with van der Waals surface area (Å²) in [6, 6.07) is 9.16. The molecule has 2 aromatic heterocycles. The van der Waals surface area contributed by atoms with Gasteiger partial charge in [-0.2, -0.15) is 17.5 Å². The van der Waals surface area contributed by atoms with Crippen molar-refractivity contribution < 1.29 is 26.1 Å². The van der Waals surface area contributed by atoms with Crippen molar-refractivity contribution in [2.75, 3.05) is 31.1 Å². The van der Waals surface area contributed by atoms with E-state index in [1.807, 2.05) is 25.1 Å². The molecule has 4 rings (SSSR count). The lowest BCUT2D eigenvalue weighted by molar-refractivity contribution is -0.155. The summed E-state index contributed by atoms with van der Waals surface area (Å²) >= 11 is 6.95. The summed E-state index contributed by atoms with van der Waals surface area (Å²) in [7, 11) is -3.78. The number of rotatable bonds is 4. The van der Waals surface area contributed by atoms with Crippen LogP contribution in [0.4, 0.5) is 18.9 Å². The van der Waals surface area contributed by atoms with Gasteiger partial charge in [0, 0.05) is 43.0 Å². The molecule has 0 spiro atoms. The SMILES string of the molecule is Cc1ccc(Cl)cc1N1CCN(S(=O)(=O)c2ccc(-c3cc(C(F)(F)F)on3)s2)CC1. The van der Waals surface area contributed by atoms with Crippen LogP contribution in [0.3, 0.4) is 0 Å². The van der Waals surface area contributed by atoms with Gasteiger partial charge in [0.25, 0.3) is 10.0 Å². The number of alkyl halides is 3. The number of aryl methyl sites for hydroxylation is 1. The molecule has 3 aromatic rings. The van der Waals surface area contributed by atoms with Gasteiger partial charge in [0.15, 0.2) is 0 Å². The second kappa shape index (κ2) is 8.12. The van der Waals surface area contributed by atoms with Gasteiger partial charge in [0.1, 0.15) is 9.90 Å². The summed E-state index contributed by atoms with van der Waals surface area (Å²) in [4.78, 5) is 2.37. The van der Waals surface area contributed by atoms with Gasteiger partial charge in [0.05, 0.1) is 4.88 Å². The molecule has 0 saturated carbocycles. The standard InChI is InChI=1S/C19H17ClF3N3O3S2/c1-12-2-3-13(20)10-15(12)25-6-8-26(9-7-25)31(27,28)18-5-4-16(30-18)14-11-17(29-24-14)19(21,22)23/h2-5,10-11H,6-9H2,1H3. The molecule has 0 atom stereocenters. The van der Waals surface area contributed by atoms with Gasteiger partial charge in [-0.3, -0.25) is 0 Å². The molecule has 1 aliphatic rings. The summed E-state index contributed by atoms with van der Waals surface area (Å²) in [5, 5.41) is 4.02. The van der Waals surface area contributed by atoms with Crippen LogP contribution >= 0.6 is 22.9 Å². The smallest absolute Gasteiger partial charge is 0.369 e. The third kappa shape index (κ3) is 4.45. The van der Waals surface area contributed by atoms with E-state index < -0.39 is 22.0 Å². The fraction of sp³-hybridized carbons (Fsp3) is 0.316. The second-order valence-electron chi connectivity index (χ2n) is 7.01. The molecule has 1 saturated heterocycles. The minimum Gasteiger partial charge on any atom is -0.369 e. The van der Waals surface area contributed by atoms with Gasteiger partial charge >= 0.3 is 6.18 Å². The highest BCUT2D eigenvalue weighted by Crippen LogP contribution is 2.36. The average molecular weight is 492 g/mol. The van der Waals surface area contributed by atoms with E-state index >= 15 is 0 Å². The van der Waals surface area contributed by atoms with Crippen molar-refractivity contribution in [1.29, 1.82) is 0 Å². The van der Waals surface area contributed by atoms with Gasteiger partial charge in [-0.05, 0) is 36.8 Å². The van der Waals surface area contributed by atoms with Crippen LogP contribution < -0.4 is 4.90 Å². The number of benzene rings is 1. The van der Waals surface area contributed by atoms with Crippen LogP contribution in [0.1, 0.15) is 11.3 Å². The first-order chi connectivity index (χ1) is 14.6. The third-order valence-corrected chi connectivity index (χ3v) is 8.68. The normalized spacial score (nSPS) is 16.1. The molecule has 0 aliphatic carbocycles. The Morgan fingerprint density at radius 3 is 2.45 bits per heavy atom. The number of piperazine rings is 1. The monoisotopic (exact) mass is 491 g/mol. The molecule has 3 heterocycles. The molecule has 31 heavy (non-hydrogen) atoms. The van der Waals surface area contributed by atoms with E-state index in [2.05, 4.69) is 14.6 Å². The number of anilines is 1. The molecule has 166 valence electrons. The summed E-state index contributed by atoms with van der Waals surface area (Å²) in [5.41, 5.74) is 1.96. The maximum Gasteiger partial charge on any atom is 0.452 e. The quantitative estimate of drug-likeness (QED) is 0.519. The second-order valence-corrected chi connectivity index (χ2v) is 10.7. The van der Waals surface area contributed by atoms with E-state index in [1.165, 1.54) is 16.4 Å². The number of sulfonamides is 1. The predicted octanol–water partition coefficient (Wildman–Crippen LogP) is 4.89. The fourth-order valence-electron chi connectivity index (χ4n) is 3.34. The molecule has 6 nitrogen and oxygen atoms in total. The van der Waals surface area contributed by atoms with Crippen LogP contribution in [0.5, 0.6) is 0 Å². The number of thiophene rings is 1. The summed E-state index contributed by atoms with van der Waals surface area (Å²) in [6.07, 6.45) is -4.65. The van der Waals surface area contributed by atoms with Crippen LogP contribution in [-0.4, -0.2) is 44.1 Å². The average Bonchev–Trinajstić information content (AvgIpc) is 3.39. The number of nitrogens with zero attached hydrogens (tertiary/aromatic N) is 3. The van der Waals surface area contributed by atoms with E-state index in [0.29, 0.717) is 18.1 Å². The molecule has 0 unspecified atom stereocenters. The molecule has 0 N–H and O–H groups in total. The molecule has 1 aromatic carbocycles. The molecule has 0 bridgehead atoms. The van der Waals surface area contributed by atoms with Crippen molar-refractivity contribution in [2.24, 2.45) is 0 Å². The number of hydrogen-bond donors (Lipinski definition) is 0. The molecular weight excluding hydrogens is 475 g/mol. The highest BCUT2D eigenvalue weighted by molar-refractivity contribution is 7.91. The molecule has 0 radical (unpaired) electrons. The molecule has 0 amide bonds. The van der Waals surface area contributed by atoms with E-state index in [0.717, 1.165) is 28.7 Å². The maximum absolute atomic E-state index is 13.0. The Morgan fingerprint density at radius 1 is 1.10 bits per heavy atom. The van der Waals surface area contributed by atoms with Gasteiger partial charge in [-0.15, -0.1) is 11.3 Å². The van der Waals surface area contributed by atoms with Gasteiger partial charge < -0.3 is 9.42 Å². The van der Waals surface area contributed by atoms with Crippen LogP contribution in [0, 0.1) is 6.92 Å². The Hall–Kier alpha value is -2.08. The van der Waals surface area contributed by atoms with Crippen molar-refractivity contribution in [2.45, 2.75) is 17.3 Å². The van der Waals surface area contributed by atoms with Crippen molar-refractivity contribution in [3.63, 3.8) is 0 Å². The van der Waals surface area contributed by atoms with E-state index in [9.17, 15) is 21.6 Å². The molecular formula is C19H17ClF3N3O3S2. The predicted molar refractivity (Wildman–Crippen MR) is 112 cm³/mol. The largest absolute Gasteiger partial charge is 0.452 e. The first kappa shape index (κ1) is 22.1. The minimum absolute atomic E-state index is 0.0476. The maximum atomic E-state index is 13.0. The van der Waals surface area contributed by atoms with E-state index in [-0.39, 0.29) is 27.9 Å². The van der Waals surface area contributed by atoms with Crippen molar-refractivity contribution in [1.82, 2.24) is 9.46 Å². The van der Waals surface area contributed by atoms with Crippen molar-refractivity contribution in [3.8, 4) is 10.6 Å². The van der Waals surface area contributed by atoms with Crippen LogP contribution in [-0.2, 0) is 16.2 Å². The first-order valence-electron chi connectivity index (χ1n) is 9.21. The van der Waals surface area contributed by atoms with Crippen LogP contribution in [0.15, 0.2) is 45.1 Å². The lowest BCUT2D eigenvalue weighted by Gasteiger charge is -2.36. The van der Waals surface area contributed by atoms with Crippen molar-refractivity contribution in [3.05, 3.63) is 52.7 Å². The Bertz CT molecular complexity index is 1200. The first-order valence-corrected chi connectivity index (χ1v) is 11.8. The van der Waals surface area contributed by atoms with Crippen LogP contribution in [0.2, 0.25) is 5.02 Å². The minimum atomic E-state index is -4.65. The van der Waals surface area contributed by atoms with E-state index in [4.69, 9.17) is 11.6 Å². The van der Waals surface area contributed by atoms with Gasteiger partial charge in [-0.1, -0.05) is 22.8 Å².